The van der Waals surface area contributed by atoms with Gasteiger partial charge in [-0.3, -0.25) is 0 Å². The molecule has 6 heteroatoms. The van der Waals surface area contributed by atoms with Gasteiger partial charge in [-0.25, -0.2) is 4.98 Å². The Hall–Kier alpha value is -6.78. The minimum atomic E-state index is -3.17. The maximum Gasteiger partial charge on any atom is 0.135 e. The minimum Gasteiger partial charge on any atom is -0.498 e. The molecule has 12 rings (SSSR count). The SMILES string of the molecule is CC(C)(C)c1ccnc(-n2c3[c-]c([Si]4(c5[c-]c(N6[CH-]N(Cc7ccccc7)c7ccccc76)cc(-c6ccccc6)c5)c5ccccc5-c5ccccc54)ccc3c3ccccc32)c1.[Pt]. The third-order valence-corrected chi connectivity index (χ3v) is 18.0. The first-order chi connectivity index (χ1) is 31.4. The van der Waals surface area contributed by atoms with Gasteiger partial charge >= 0.3 is 0 Å². The van der Waals surface area contributed by atoms with Gasteiger partial charge in [0.25, 0.3) is 0 Å². The molecule has 0 saturated carbocycles. The van der Waals surface area contributed by atoms with Gasteiger partial charge in [0.05, 0.1) is 0 Å². The molecule has 0 bridgehead atoms. The van der Waals surface area contributed by atoms with Gasteiger partial charge in [0.1, 0.15) is 13.9 Å². The Bertz CT molecular complexity index is 3360. The zero-order valence-corrected chi connectivity index (χ0v) is 39.7. The topological polar surface area (TPSA) is 24.3 Å². The molecular weight excluding hydrogens is 988 g/mol. The number of hydrogen-bond donors (Lipinski definition) is 0. The van der Waals surface area contributed by atoms with Crippen molar-refractivity contribution in [1.29, 1.82) is 0 Å². The van der Waals surface area contributed by atoms with Crippen LogP contribution in [-0.4, -0.2) is 17.6 Å². The van der Waals surface area contributed by atoms with E-state index in [0.717, 1.165) is 45.7 Å². The van der Waals surface area contributed by atoms with E-state index in [1.807, 2.05) is 6.20 Å². The molecule has 0 unspecified atom stereocenters. The number of nitrogens with zero attached hydrogens (tertiary/aromatic N) is 4. The first-order valence-corrected chi connectivity index (χ1v) is 24.2. The van der Waals surface area contributed by atoms with E-state index in [-0.39, 0.29) is 26.5 Å². The summed E-state index contributed by atoms with van der Waals surface area (Å²) in [6.45, 7) is 9.82. The van der Waals surface area contributed by atoms with Gasteiger partial charge in [-0.15, -0.1) is 22.7 Å². The van der Waals surface area contributed by atoms with Crippen LogP contribution in [0.3, 0.4) is 0 Å². The van der Waals surface area contributed by atoms with Gasteiger partial charge in [0.2, 0.25) is 0 Å². The van der Waals surface area contributed by atoms with Gasteiger partial charge in [0.15, 0.2) is 0 Å². The van der Waals surface area contributed by atoms with Gasteiger partial charge in [0, 0.05) is 50.7 Å². The Morgan fingerprint density at radius 3 is 1.95 bits per heavy atom. The quantitative estimate of drug-likeness (QED) is 0.117. The summed E-state index contributed by atoms with van der Waals surface area (Å²) in [5, 5.41) is 7.44. The third kappa shape index (κ3) is 6.63. The summed E-state index contributed by atoms with van der Waals surface area (Å²) in [5.41, 5.74) is 12.8. The van der Waals surface area contributed by atoms with Crippen LogP contribution in [0.2, 0.25) is 0 Å². The van der Waals surface area contributed by atoms with Crippen molar-refractivity contribution in [3.63, 3.8) is 0 Å². The van der Waals surface area contributed by atoms with E-state index < -0.39 is 8.07 Å². The fraction of sp³-hybridized carbons (Fsp3) is 0.0847. The molecule has 10 aromatic rings. The normalized spacial score (nSPS) is 13.7. The number of anilines is 3. The molecule has 8 aromatic carbocycles. The van der Waals surface area contributed by atoms with Crippen molar-refractivity contribution in [2.75, 3.05) is 9.80 Å². The van der Waals surface area contributed by atoms with Crippen LogP contribution in [0.5, 0.6) is 0 Å². The van der Waals surface area contributed by atoms with E-state index in [1.54, 1.807) is 0 Å². The van der Waals surface area contributed by atoms with Gasteiger partial charge < -0.3 is 14.4 Å². The second kappa shape index (κ2) is 16.0. The summed E-state index contributed by atoms with van der Waals surface area (Å²) >= 11 is 0. The fourth-order valence-corrected chi connectivity index (χ4v) is 15.3. The molecule has 318 valence electrons. The number of pyridine rings is 1. The minimum absolute atomic E-state index is 0. The predicted octanol–water partition coefficient (Wildman–Crippen LogP) is 11.4. The largest absolute Gasteiger partial charge is 0.498 e. The Morgan fingerprint density at radius 2 is 1.22 bits per heavy atom. The molecule has 0 amide bonds. The van der Waals surface area contributed by atoms with Crippen molar-refractivity contribution in [3.8, 4) is 28.1 Å². The number of fused-ring (bicyclic) bond motifs is 7. The number of aromatic nitrogens is 2. The zero-order valence-electron chi connectivity index (χ0n) is 36.4. The fourth-order valence-electron chi connectivity index (χ4n) is 10.3. The number of para-hydroxylation sites is 3. The summed E-state index contributed by atoms with van der Waals surface area (Å²) in [5.74, 6) is 0.901. The molecule has 0 atom stereocenters. The van der Waals surface area contributed by atoms with Crippen molar-refractivity contribution in [3.05, 3.63) is 230 Å². The van der Waals surface area contributed by atoms with Crippen LogP contribution < -0.4 is 30.5 Å². The van der Waals surface area contributed by atoms with Crippen LogP contribution in [0.4, 0.5) is 17.1 Å². The van der Waals surface area contributed by atoms with E-state index in [1.165, 1.54) is 59.6 Å². The van der Waals surface area contributed by atoms with Gasteiger partial charge in [-0.1, -0.05) is 166 Å². The monoisotopic (exact) mass is 1030 g/mol. The van der Waals surface area contributed by atoms with Crippen LogP contribution >= 0.6 is 0 Å². The van der Waals surface area contributed by atoms with E-state index >= 15 is 0 Å². The van der Waals surface area contributed by atoms with E-state index in [4.69, 9.17) is 4.98 Å². The molecule has 0 aliphatic carbocycles. The second-order valence-corrected chi connectivity index (χ2v) is 21.8. The third-order valence-electron chi connectivity index (χ3n) is 13.3. The summed E-state index contributed by atoms with van der Waals surface area (Å²) < 4.78 is 2.34. The van der Waals surface area contributed by atoms with Crippen LogP contribution in [-0.2, 0) is 33.0 Å². The Morgan fingerprint density at radius 1 is 0.569 bits per heavy atom. The van der Waals surface area contributed by atoms with Crippen molar-refractivity contribution in [1.82, 2.24) is 9.55 Å². The molecule has 2 aliphatic rings. The van der Waals surface area contributed by atoms with Crippen molar-refractivity contribution >= 4 is 67.7 Å². The van der Waals surface area contributed by atoms with Crippen molar-refractivity contribution in [2.45, 2.75) is 32.7 Å². The summed E-state index contributed by atoms with van der Waals surface area (Å²) in [7, 11) is -3.17. The molecule has 2 aromatic heterocycles. The van der Waals surface area contributed by atoms with Crippen molar-refractivity contribution in [2.24, 2.45) is 0 Å². The zero-order chi connectivity index (χ0) is 43.0. The summed E-state index contributed by atoms with van der Waals surface area (Å²) in [6, 6.07) is 79.6. The molecule has 0 saturated heterocycles. The molecule has 2 aliphatic heterocycles. The van der Waals surface area contributed by atoms with Crippen molar-refractivity contribution < 1.29 is 21.1 Å². The molecule has 0 N–H and O–H groups in total. The molecule has 0 fully saturated rings. The van der Waals surface area contributed by atoms with Gasteiger partial charge in [-0.05, 0) is 79.3 Å². The van der Waals surface area contributed by atoms with E-state index in [0.29, 0.717) is 0 Å². The van der Waals surface area contributed by atoms with Crippen LogP contribution in [0.25, 0.3) is 49.9 Å². The van der Waals surface area contributed by atoms with E-state index in [9.17, 15) is 0 Å². The van der Waals surface area contributed by atoms with Gasteiger partial charge in [-0.2, -0.15) is 47.4 Å². The average molecular weight is 1030 g/mol. The Labute approximate surface area is 396 Å². The second-order valence-electron chi connectivity index (χ2n) is 18.1. The summed E-state index contributed by atoms with van der Waals surface area (Å²) in [6.07, 6.45) is 1.96. The first-order valence-electron chi connectivity index (χ1n) is 22.2. The van der Waals surface area contributed by atoms with Crippen LogP contribution in [0.1, 0.15) is 31.9 Å². The molecule has 65 heavy (non-hydrogen) atoms. The predicted molar refractivity (Wildman–Crippen MR) is 268 cm³/mol. The molecule has 0 spiro atoms. The maximum absolute atomic E-state index is 5.06. The smallest absolute Gasteiger partial charge is 0.135 e. The maximum atomic E-state index is 5.06. The van der Waals surface area contributed by atoms with E-state index in [2.05, 4.69) is 248 Å². The standard InChI is InChI=1S/C59H45N4Si.Pt/c1-59(2,3)44-32-33-60-58(36-44)63-52-25-13-10-22-48(52)49-31-30-46(38-55(49)63)64(56-28-16-11-23-50(56)51-24-12-17-29-57(51)64)47-35-43(42-20-8-5-9-21-42)34-45(37-47)62-40-61(39-41-18-6-4-7-19-41)53-26-14-15-27-54(53)62;/h4-36,40H,39H2,1-3H3;/q-3;. The number of benzene rings is 8. The number of rotatable bonds is 7. The van der Waals surface area contributed by atoms with Crippen LogP contribution in [0, 0.1) is 18.8 Å². The first kappa shape index (κ1) is 41.0. The molecule has 0 radical (unpaired) electrons. The molecule has 4 heterocycles. The van der Waals surface area contributed by atoms with Crippen LogP contribution in [0.15, 0.2) is 200 Å². The average Bonchev–Trinajstić information content (AvgIpc) is 3.98. The molecular formula is C59H45N4PtSi-3. The Balaban J connectivity index is 0.00000469. The summed E-state index contributed by atoms with van der Waals surface area (Å²) in [4.78, 5) is 9.77. The Kier molecular flexibility index (Phi) is 10.1. The molecule has 4 nitrogen and oxygen atoms in total. The number of hydrogen-bond acceptors (Lipinski definition) is 3.